The third-order valence-corrected chi connectivity index (χ3v) is 8.89. The Morgan fingerprint density at radius 3 is 2.71 bits per heavy atom. The van der Waals surface area contributed by atoms with Crippen molar-refractivity contribution in [3.8, 4) is 0 Å². The molecule has 0 amide bonds. The SMILES string of the molecule is CC(O)c1nc(Br)cnc1N1CCC2(CC1)CC1=CC=CCC1[C@H]2NS(=O)C(C)(C)C. The quantitative estimate of drug-likeness (QED) is 0.636. The lowest BCUT2D eigenvalue weighted by molar-refractivity contribution is 0.170. The van der Waals surface area contributed by atoms with Crippen LogP contribution in [0.2, 0.25) is 0 Å². The number of allylic oxidation sites excluding steroid dienone is 3. The van der Waals surface area contributed by atoms with Crippen LogP contribution >= 0.6 is 15.9 Å². The Morgan fingerprint density at radius 1 is 1.35 bits per heavy atom. The van der Waals surface area contributed by atoms with Gasteiger partial charge in [-0.25, -0.2) is 18.9 Å². The number of nitrogens with one attached hydrogen (secondary N) is 1. The van der Waals surface area contributed by atoms with Crippen molar-refractivity contribution in [1.29, 1.82) is 0 Å². The number of aromatic nitrogens is 2. The van der Waals surface area contributed by atoms with Crippen LogP contribution in [0.1, 0.15) is 65.2 Å². The lowest BCUT2D eigenvalue weighted by Gasteiger charge is -2.45. The van der Waals surface area contributed by atoms with E-state index in [2.05, 4.69) is 53.7 Å². The minimum absolute atomic E-state index is 0.0910. The number of nitrogens with zero attached hydrogens (tertiary/aromatic N) is 3. The van der Waals surface area contributed by atoms with E-state index < -0.39 is 17.1 Å². The van der Waals surface area contributed by atoms with Crippen molar-refractivity contribution in [3.05, 3.63) is 40.3 Å². The predicted molar refractivity (Wildman–Crippen MR) is 129 cm³/mol. The molecule has 1 aromatic heterocycles. The molecule has 1 saturated carbocycles. The standard InChI is InChI=1S/C23H33BrN4O2S/c1-15(29)19-21(25-14-18(24)26-19)28-11-9-23(10-12-28)13-16-7-5-6-8-17(16)20(23)27-31(30)22(2,3)4/h5-7,14-15,17,20,27,29H,8-13H2,1-4H3/t15?,17?,20-,31?/m1/s1. The van der Waals surface area contributed by atoms with Crippen LogP contribution in [-0.4, -0.2) is 43.2 Å². The summed E-state index contributed by atoms with van der Waals surface area (Å²) in [6.07, 6.45) is 11.8. The molecule has 3 aliphatic rings. The molecule has 170 valence electrons. The van der Waals surface area contributed by atoms with Crippen LogP contribution < -0.4 is 9.62 Å². The molecular formula is C23H33BrN4O2S. The summed E-state index contributed by atoms with van der Waals surface area (Å²) in [6, 6.07) is 0.207. The van der Waals surface area contributed by atoms with Crippen LogP contribution in [0.3, 0.4) is 0 Å². The lowest BCUT2D eigenvalue weighted by Crippen LogP contribution is -2.53. The molecule has 2 N–H and O–H groups in total. The summed E-state index contributed by atoms with van der Waals surface area (Å²) in [7, 11) is -1.10. The lowest BCUT2D eigenvalue weighted by atomic mass is 9.73. The summed E-state index contributed by atoms with van der Waals surface area (Å²) in [5.74, 6) is 1.19. The fraction of sp³-hybridized carbons (Fsp3) is 0.652. The molecule has 8 heteroatoms. The summed E-state index contributed by atoms with van der Waals surface area (Å²) in [6.45, 7) is 9.52. The number of rotatable bonds is 4. The zero-order valence-corrected chi connectivity index (χ0v) is 21.2. The van der Waals surface area contributed by atoms with Crippen molar-refractivity contribution in [2.45, 2.75) is 70.3 Å². The highest BCUT2D eigenvalue weighted by molar-refractivity contribution is 9.10. The zero-order valence-electron chi connectivity index (χ0n) is 18.8. The molecule has 31 heavy (non-hydrogen) atoms. The number of hydrogen-bond acceptors (Lipinski definition) is 5. The van der Waals surface area contributed by atoms with Crippen LogP contribution in [-0.2, 0) is 11.0 Å². The third-order valence-electron chi connectivity index (χ3n) is 6.93. The van der Waals surface area contributed by atoms with E-state index in [-0.39, 0.29) is 16.2 Å². The van der Waals surface area contributed by atoms with Crippen LogP contribution in [0, 0.1) is 11.3 Å². The summed E-state index contributed by atoms with van der Waals surface area (Å²) < 4.78 is 17.0. The van der Waals surface area contributed by atoms with E-state index in [0.717, 1.165) is 44.6 Å². The van der Waals surface area contributed by atoms with E-state index in [4.69, 9.17) is 0 Å². The van der Waals surface area contributed by atoms with Gasteiger partial charge in [-0.05, 0) is 74.7 Å². The fourth-order valence-electron chi connectivity index (χ4n) is 5.22. The second-order valence-electron chi connectivity index (χ2n) is 10.1. The highest BCUT2D eigenvalue weighted by Gasteiger charge is 2.52. The minimum Gasteiger partial charge on any atom is -0.387 e. The highest BCUT2D eigenvalue weighted by Crippen LogP contribution is 2.54. The molecule has 0 radical (unpaired) electrons. The first-order chi connectivity index (χ1) is 14.6. The molecule has 1 spiro atoms. The molecule has 4 atom stereocenters. The highest BCUT2D eigenvalue weighted by atomic mass is 79.9. The van der Waals surface area contributed by atoms with Crippen molar-refractivity contribution in [1.82, 2.24) is 14.7 Å². The number of aliphatic hydroxyl groups excluding tert-OH is 1. The summed E-state index contributed by atoms with van der Waals surface area (Å²) in [5.41, 5.74) is 2.20. The summed E-state index contributed by atoms with van der Waals surface area (Å²) >= 11 is 3.37. The first kappa shape index (κ1) is 23.1. The van der Waals surface area contributed by atoms with E-state index in [1.807, 2.05) is 20.8 Å². The van der Waals surface area contributed by atoms with E-state index in [0.29, 0.717) is 16.2 Å². The second-order valence-corrected chi connectivity index (χ2v) is 12.9. The Bertz CT molecular complexity index is 917. The predicted octanol–water partition coefficient (Wildman–Crippen LogP) is 4.21. The number of anilines is 1. The Labute approximate surface area is 196 Å². The third kappa shape index (κ3) is 4.54. The molecule has 0 aromatic carbocycles. The van der Waals surface area contributed by atoms with Crippen molar-refractivity contribution >= 4 is 32.7 Å². The molecule has 6 nitrogen and oxygen atoms in total. The monoisotopic (exact) mass is 508 g/mol. The topological polar surface area (TPSA) is 78.4 Å². The number of halogens is 1. The first-order valence-electron chi connectivity index (χ1n) is 11.1. The van der Waals surface area contributed by atoms with Crippen LogP contribution in [0.25, 0.3) is 0 Å². The van der Waals surface area contributed by atoms with E-state index in [1.165, 1.54) is 5.57 Å². The van der Waals surface area contributed by atoms with Crippen LogP contribution in [0.5, 0.6) is 0 Å². The Morgan fingerprint density at radius 2 is 2.06 bits per heavy atom. The number of aliphatic hydroxyl groups is 1. The van der Waals surface area contributed by atoms with Gasteiger partial charge in [-0.3, -0.25) is 0 Å². The average molecular weight is 510 g/mol. The molecule has 1 saturated heterocycles. The normalized spacial score (nSPS) is 27.2. The van der Waals surface area contributed by atoms with Gasteiger partial charge in [0.05, 0.1) is 28.0 Å². The maximum absolute atomic E-state index is 13.1. The zero-order chi connectivity index (χ0) is 22.4. The fourth-order valence-corrected chi connectivity index (χ4v) is 6.52. The molecule has 0 bridgehead atoms. The molecule has 2 fully saturated rings. The largest absolute Gasteiger partial charge is 0.387 e. The summed E-state index contributed by atoms with van der Waals surface area (Å²) in [5, 5.41) is 10.2. The van der Waals surface area contributed by atoms with Crippen LogP contribution in [0.4, 0.5) is 5.82 Å². The van der Waals surface area contributed by atoms with E-state index in [1.54, 1.807) is 13.1 Å². The second kappa shape index (κ2) is 8.69. The van der Waals surface area contributed by atoms with E-state index in [9.17, 15) is 9.32 Å². The number of fused-ring (bicyclic) bond motifs is 1. The summed E-state index contributed by atoms with van der Waals surface area (Å²) in [4.78, 5) is 11.3. The Hall–Kier alpha value is -1.09. The molecule has 4 rings (SSSR count). The maximum Gasteiger partial charge on any atom is 0.153 e. The number of hydrogen-bond donors (Lipinski definition) is 2. The Balaban J connectivity index is 1.58. The van der Waals surface area contributed by atoms with Gasteiger partial charge in [0.1, 0.15) is 10.3 Å². The van der Waals surface area contributed by atoms with Gasteiger partial charge in [0.15, 0.2) is 5.82 Å². The van der Waals surface area contributed by atoms with Gasteiger partial charge in [0.2, 0.25) is 0 Å². The van der Waals surface area contributed by atoms with Gasteiger partial charge in [-0.15, -0.1) is 0 Å². The van der Waals surface area contributed by atoms with E-state index >= 15 is 0 Å². The van der Waals surface area contributed by atoms with Gasteiger partial charge in [0.25, 0.3) is 0 Å². The minimum atomic E-state index is -1.10. The van der Waals surface area contributed by atoms with Gasteiger partial charge in [0, 0.05) is 25.0 Å². The van der Waals surface area contributed by atoms with Gasteiger partial charge in [-0.1, -0.05) is 23.8 Å². The van der Waals surface area contributed by atoms with Gasteiger partial charge in [-0.2, -0.15) is 0 Å². The average Bonchev–Trinajstić information content (AvgIpc) is 3.01. The van der Waals surface area contributed by atoms with Crippen molar-refractivity contribution in [3.63, 3.8) is 0 Å². The molecule has 1 aliphatic heterocycles. The molecule has 2 aliphatic carbocycles. The maximum atomic E-state index is 13.1. The molecule has 1 aromatic rings. The number of piperidine rings is 1. The van der Waals surface area contributed by atoms with Gasteiger partial charge < -0.3 is 10.0 Å². The Kier molecular flexibility index (Phi) is 6.47. The molecular weight excluding hydrogens is 476 g/mol. The van der Waals surface area contributed by atoms with Crippen molar-refractivity contribution in [2.75, 3.05) is 18.0 Å². The smallest absolute Gasteiger partial charge is 0.153 e. The van der Waals surface area contributed by atoms with Gasteiger partial charge >= 0.3 is 0 Å². The first-order valence-corrected chi connectivity index (χ1v) is 13.0. The van der Waals surface area contributed by atoms with Crippen molar-refractivity contribution < 1.29 is 9.32 Å². The van der Waals surface area contributed by atoms with Crippen LogP contribution in [0.15, 0.2) is 34.6 Å². The van der Waals surface area contributed by atoms with Crippen molar-refractivity contribution in [2.24, 2.45) is 11.3 Å². The molecule has 2 heterocycles. The molecule has 3 unspecified atom stereocenters.